The molecule has 2 aromatic rings. The first-order valence-electron chi connectivity index (χ1n) is 13.1. The summed E-state index contributed by atoms with van der Waals surface area (Å²) in [6, 6.07) is 6.01. The third kappa shape index (κ3) is 4.13. The van der Waals surface area contributed by atoms with E-state index >= 15 is 0 Å². The van der Waals surface area contributed by atoms with Gasteiger partial charge in [0.25, 0.3) is 5.91 Å². The number of hydrogen-bond donors (Lipinski definition) is 6. The van der Waals surface area contributed by atoms with Crippen molar-refractivity contribution in [1.29, 1.82) is 0 Å². The molecule has 0 bridgehead atoms. The number of pyridine rings is 1. The number of phenolic OH excluding ortho intramolecular Hbond substituents is 1. The Hall–Kier alpha value is -4.42. The van der Waals surface area contributed by atoms with Crippen molar-refractivity contribution in [1.82, 2.24) is 9.88 Å². The standard InChI is InChI=1S/C29H33N5O7/c1-33(2)17-11-14(12-32-18-7-5-6-8-31-18)23(35)20-15(17)9-13-10-16-22(34(3)4)25(37)21(28(30)40)27(39)29(16,41)26(38)19(13)24(20)36/h5-8,11,13,16,22,35-36,39,41H,9-10,12H2,1-4H3,(H2,30,40)(H,31,32)/t13-,16-,22-,29+/m1/s1. The highest BCUT2D eigenvalue weighted by molar-refractivity contribution is 6.24. The van der Waals surface area contributed by atoms with E-state index in [1.165, 1.54) is 4.90 Å². The van der Waals surface area contributed by atoms with Gasteiger partial charge in [0.2, 0.25) is 5.78 Å². The molecule has 1 saturated carbocycles. The number of nitrogens with two attached hydrogens (primary N) is 1. The van der Waals surface area contributed by atoms with Gasteiger partial charge in [-0.25, -0.2) is 4.98 Å². The van der Waals surface area contributed by atoms with Gasteiger partial charge in [-0.15, -0.1) is 0 Å². The van der Waals surface area contributed by atoms with Gasteiger partial charge in [0.15, 0.2) is 11.4 Å². The molecule has 5 rings (SSSR count). The van der Waals surface area contributed by atoms with E-state index in [0.717, 1.165) is 0 Å². The van der Waals surface area contributed by atoms with E-state index in [4.69, 9.17) is 5.73 Å². The first-order valence-corrected chi connectivity index (χ1v) is 13.1. The molecule has 3 aliphatic carbocycles. The number of carbonyl (C=O) groups is 3. The number of primary amides is 1. The summed E-state index contributed by atoms with van der Waals surface area (Å²) in [5.74, 6) is -6.18. The number of amides is 1. The number of nitrogens with zero attached hydrogens (tertiary/aromatic N) is 3. The predicted octanol–water partition coefficient (Wildman–Crippen LogP) is 1.04. The molecule has 0 unspecified atom stereocenters. The number of Topliss-reactive ketones (excluding diaryl/α,β-unsaturated/α-hetero) is 2. The van der Waals surface area contributed by atoms with Crippen LogP contribution in [0.25, 0.3) is 5.76 Å². The summed E-state index contributed by atoms with van der Waals surface area (Å²) in [6.45, 7) is 0.154. The van der Waals surface area contributed by atoms with E-state index in [9.17, 15) is 34.8 Å². The Balaban J connectivity index is 1.68. The Kier molecular flexibility index (Phi) is 6.79. The maximum atomic E-state index is 14.1. The van der Waals surface area contributed by atoms with Crippen molar-refractivity contribution >= 4 is 34.7 Å². The number of ketones is 2. The number of aliphatic hydroxyl groups excluding tert-OH is 2. The van der Waals surface area contributed by atoms with Gasteiger partial charge in [0.05, 0.1) is 11.6 Å². The molecule has 3 aliphatic rings. The van der Waals surface area contributed by atoms with E-state index in [-0.39, 0.29) is 36.3 Å². The van der Waals surface area contributed by atoms with Crippen molar-refractivity contribution in [3.05, 3.63) is 64.1 Å². The van der Waals surface area contributed by atoms with E-state index in [1.54, 1.807) is 38.5 Å². The lowest BCUT2D eigenvalue weighted by Crippen LogP contribution is -2.65. The van der Waals surface area contributed by atoms with Crippen LogP contribution in [0.5, 0.6) is 5.75 Å². The number of phenols is 1. The number of anilines is 2. The number of hydrogen-bond acceptors (Lipinski definition) is 11. The molecule has 7 N–H and O–H groups in total. The Morgan fingerprint density at radius 1 is 1.17 bits per heavy atom. The summed E-state index contributed by atoms with van der Waals surface area (Å²) < 4.78 is 0. The largest absolute Gasteiger partial charge is 0.508 e. The van der Waals surface area contributed by atoms with Gasteiger partial charge in [-0.3, -0.25) is 19.3 Å². The lowest BCUT2D eigenvalue weighted by Gasteiger charge is -2.50. The molecule has 216 valence electrons. The quantitative estimate of drug-likeness (QED) is 0.275. The van der Waals surface area contributed by atoms with Crippen molar-refractivity contribution < 1.29 is 34.8 Å². The van der Waals surface area contributed by atoms with Crippen LogP contribution in [0.1, 0.15) is 23.1 Å². The third-order valence-electron chi connectivity index (χ3n) is 8.38. The molecular formula is C29H33N5O7. The number of aliphatic hydroxyl groups is 3. The molecule has 12 nitrogen and oxygen atoms in total. The predicted molar refractivity (Wildman–Crippen MR) is 150 cm³/mol. The first kappa shape index (κ1) is 28.1. The number of aromatic hydroxyl groups is 1. The normalized spacial score (nSPS) is 25.6. The van der Waals surface area contributed by atoms with Crippen molar-refractivity contribution in [3.8, 4) is 5.75 Å². The van der Waals surface area contributed by atoms with Crippen molar-refractivity contribution in [2.45, 2.75) is 31.0 Å². The van der Waals surface area contributed by atoms with Crippen LogP contribution in [-0.2, 0) is 27.3 Å². The molecule has 1 heterocycles. The zero-order valence-electron chi connectivity index (χ0n) is 23.2. The van der Waals surface area contributed by atoms with Crippen LogP contribution in [0.15, 0.2) is 47.4 Å². The van der Waals surface area contributed by atoms with Crippen molar-refractivity contribution in [2.24, 2.45) is 17.6 Å². The molecular weight excluding hydrogens is 530 g/mol. The minimum Gasteiger partial charge on any atom is -0.508 e. The van der Waals surface area contributed by atoms with Gasteiger partial charge in [0.1, 0.15) is 28.7 Å². The monoisotopic (exact) mass is 563 g/mol. The second-order valence-electron chi connectivity index (χ2n) is 11.2. The number of aromatic nitrogens is 1. The molecule has 0 spiro atoms. The Morgan fingerprint density at radius 3 is 2.46 bits per heavy atom. The van der Waals surface area contributed by atoms with Crippen LogP contribution in [-0.4, -0.2) is 87.6 Å². The first-order chi connectivity index (χ1) is 19.3. The molecule has 1 aromatic heterocycles. The lowest BCUT2D eigenvalue weighted by atomic mass is 9.57. The topological polar surface area (TPSA) is 190 Å². The number of nitrogens with one attached hydrogen (secondary N) is 1. The molecule has 1 fully saturated rings. The average Bonchev–Trinajstić information content (AvgIpc) is 2.90. The smallest absolute Gasteiger partial charge is 0.255 e. The van der Waals surface area contributed by atoms with E-state index in [1.807, 2.05) is 25.1 Å². The zero-order valence-corrected chi connectivity index (χ0v) is 23.2. The highest BCUT2D eigenvalue weighted by atomic mass is 16.3. The van der Waals surface area contributed by atoms with Crippen LogP contribution in [0.2, 0.25) is 0 Å². The summed E-state index contributed by atoms with van der Waals surface area (Å²) in [5.41, 5.74) is 3.45. The van der Waals surface area contributed by atoms with Gasteiger partial charge < -0.3 is 36.4 Å². The molecule has 0 aliphatic heterocycles. The van der Waals surface area contributed by atoms with E-state index in [0.29, 0.717) is 22.6 Å². The minimum atomic E-state index is -2.68. The van der Waals surface area contributed by atoms with Crippen molar-refractivity contribution in [2.75, 3.05) is 38.4 Å². The number of rotatable bonds is 6. The van der Waals surface area contributed by atoms with Crippen LogP contribution in [0.3, 0.4) is 0 Å². The summed E-state index contributed by atoms with van der Waals surface area (Å²) >= 11 is 0. The number of carbonyl (C=O) groups excluding carboxylic acids is 3. The third-order valence-corrected chi connectivity index (χ3v) is 8.38. The summed E-state index contributed by atoms with van der Waals surface area (Å²) in [7, 11) is 6.77. The van der Waals surface area contributed by atoms with E-state index < -0.39 is 58.0 Å². The minimum absolute atomic E-state index is 0.0301. The van der Waals surface area contributed by atoms with Crippen LogP contribution in [0.4, 0.5) is 11.5 Å². The summed E-state index contributed by atoms with van der Waals surface area (Å²) in [5, 5.41) is 48.9. The molecule has 4 atom stereocenters. The Morgan fingerprint density at radius 2 is 1.88 bits per heavy atom. The van der Waals surface area contributed by atoms with Gasteiger partial charge in [-0.05, 0) is 56.6 Å². The average molecular weight is 564 g/mol. The molecule has 12 heteroatoms. The molecule has 1 amide bonds. The molecule has 0 radical (unpaired) electrons. The molecule has 41 heavy (non-hydrogen) atoms. The fourth-order valence-electron chi connectivity index (χ4n) is 6.53. The fourth-order valence-corrected chi connectivity index (χ4v) is 6.53. The molecule has 0 saturated heterocycles. The van der Waals surface area contributed by atoms with Crippen LogP contribution in [0, 0.1) is 11.8 Å². The van der Waals surface area contributed by atoms with Crippen molar-refractivity contribution in [3.63, 3.8) is 0 Å². The van der Waals surface area contributed by atoms with Gasteiger partial charge in [0, 0.05) is 49.6 Å². The SMILES string of the molecule is CN(C)c1cc(CNc2ccccn2)c(O)c2c1C[C@@H]1C[C@@H]3[C@@H](N(C)C)C(=O)C(C(N)=O)=C(O)[C@@]3(O)C(=O)C1=C2O. The highest BCUT2D eigenvalue weighted by Crippen LogP contribution is 2.54. The summed E-state index contributed by atoms with van der Waals surface area (Å²) in [6.07, 6.45) is 1.86. The van der Waals surface area contributed by atoms with E-state index in [2.05, 4.69) is 10.3 Å². The molecule has 1 aromatic carbocycles. The Bertz CT molecular complexity index is 1530. The van der Waals surface area contributed by atoms with Gasteiger partial charge in [-0.1, -0.05) is 6.07 Å². The van der Waals surface area contributed by atoms with Gasteiger partial charge >= 0.3 is 0 Å². The van der Waals surface area contributed by atoms with Crippen LogP contribution >= 0.6 is 0 Å². The zero-order chi connectivity index (χ0) is 30.0. The maximum absolute atomic E-state index is 14.1. The summed E-state index contributed by atoms with van der Waals surface area (Å²) in [4.78, 5) is 47.0. The van der Waals surface area contributed by atoms with Gasteiger partial charge in [-0.2, -0.15) is 0 Å². The fraction of sp³-hybridized carbons (Fsp3) is 0.379. The number of likely N-dealkylation sites (N-methyl/N-ethyl adjacent to an activating group) is 1. The Labute approximate surface area is 236 Å². The number of fused-ring (bicyclic) bond motifs is 3. The second-order valence-corrected chi connectivity index (χ2v) is 11.2. The second kappa shape index (κ2) is 9.89. The number of benzene rings is 1. The van der Waals surface area contributed by atoms with Crippen LogP contribution < -0.4 is 16.0 Å². The highest BCUT2D eigenvalue weighted by Gasteiger charge is 2.64. The lowest BCUT2D eigenvalue weighted by molar-refractivity contribution is -0.153. The maximum Gasteiger partial charge on any atom is 0.255 e.